The Kier molecular flexibility index (Phi) is 3.02. The van der Waals surface area contributed by atoms with Crippen molar-refractivity contribution in [3.05, 3.63) is 46.0 Å². The molecule has 6 heteroatoms. The zero-order valence-corrected chi connectivity index (χ0v) is 11.6. The van der Waals surface area contributed by atoms with Crippen LogP contribution in [0.5, 0.6) is 0 Å². The smallest absolute Gasteiger partial charge is 0.356 e. The predicted octanol–water partition coefficient (Wildman–Crippen LogP) is 2.56. The molecule has 2 aromatic rings. The molecule has 0 atom stereocenters. The van der Waals surface area contributed by atoms with Crippen LogP contribution >= 0.6 is 11.3 Å². The number of nitrogens with zero attached hydrogens (tertiary/aromatic N) is 2. The summed E-state index contributed by atoms with van der Waals surface area (Å²) in [6.45, 7) is 2.75. The molecule has 1 N–H and O–H groups in total. The van der Waals surface area contributed by atoms with E-state index in [0.29, 0.717) is 18.2 Å². The molecule has 1 aromatic carbocycles. The minimum Gasteiger partial charge on any atom is -0.476 e. The SMILES string of the molecule is CC(=O)c1sc(N2Cc3ccccc3C2)nc1C(=O)O. The molecule has 0 unspecified atom stereocenters. The van der Waals surface area contributed by atoms with Gasteiger partial charge < -0.3 is 10.0 Å². The molecule has 3 rings (SSSR count). The van der Waals surface area contributed by atoms with Gasteiger partial charge in [0, 0.05) is 20.0 Å². The van der Waals surface area contributed by atoms with Crippen LogP contribution in [0.3, 0.4) is 0 Å². The molecule has 0 spiro atoms. The number of hydrogen-bond donors (Lipinski definition) is 1. The number of carboxylic acids is 1. The van der Waals surface area contributed by atoms with E-state index < -0.39 is 5.97 Å². The quantitative estimate of drug-likeness (QED) is 0.879. The van der Waals surface area contributed by atoms with Gasteiger partial charge in [0.05, 0.1) is 0 Å². The number of anilines is 1. The summed E-state index contributed by atoms with van der Waals surface area (Å²) in [4.78, 5) is 29.0. The first-order chi connectivity index (χ1) is 9.56. The molecule has 0 saturated carbocycles. The van der Waals surface area contributed by atoms with Gasteiger partial charge in [0.1, 0.15) is 4.88 Å². The van der Waals surface area contributed by atoms with E-state index >= 15 is 0 Å². The number of aromatic carboxylic acids is 1. The zero-order valence-electron chi connectivity index (χ0n) is 10.8. The van der Waals surface area contributed by atoms with Gasteiger partial charge in [-0.1, -0.05) is 35.6 Å². The van der Waals surface area contributed by atoms with Crippen LogP contribution in [0, 0.1) is 0 Å². The normalized spacial score (nSPS) is 13.3. The van der Waals surface area contributed by atoms with Gasteiger partial charge in [0.25, 0.3) is 0 Å². The minimum atomic E-state index is -1.16. The van der Waals surface area contributed by atoms with Crippen LogP contribution in [0.4, 0.5) is 5.13 Å². The van der Waals surface area contributed by atoms with Crippen molar-refractivity contribution in [2.45, 2.75) is 20.0 Å². The third-order valence-electron chi connectivity index (χ3n) is 3.25. The van der Waals surface area contributed by atoms with Crippen LogP contribution in [-0.2, 0) is 13.1 Å². The number of carbonyl (C=O) groups excluding carboxylic acids is 1. The van der Waals surface area contributed by atoms with E-state index in [1.54, 1.807) is 0 Å². The van der Waals surface area contributed by atoms with Crippen LogP contribution in [0.15, 0.2) is 24.3 Å². The molecule has 1 aromatic heterocycles. The summed E-state index contributed by atoms with van der Waals surface area (Å²) in [6.07, 6.45) is 0. The number of rotatable bonds is 3. The summed E-state index contributed by atoms with van der Waals surface area (Å²) < 4.78 is 0. The number of fused-ring (bicyclic) bond motifs is 1. The second-order valence-electron chi connectivity index (χ2n) is 4.66. The molecule has 1 aliphatic heterocycles. The maximum Gasteiger partial charge on any atom is 0.356 e. The van der Waals surface area contributed by atoms with Gasteiger partial charge in [-0.15, -0.1) is 0 Å². The van der Waals surface area contributed by atoms with E-state index in [4.69, 9.17) is 5.11 Å². The number of thiazole rings is 1. The number of carboxylic acid groups (broad SMARTS) is 1. The van der Waals surface area contributed by atoms with Crippen LogP contribution in [-0.4, -0.2) is 21.8 Å². The Bertz CT molecular complexity index is 652. The summed E-state index contributed by atoms with van der Waals surface area (Å²) in [5.74, 6) is -1.42. The van der Waals surface area contributed by atoms with E-state index in [1.165, 1.54) is 18.1 Å². The maximum absolute atomic E-state index is 11.5. The van der Waals surface area contributed by atoms with Gasteiger partial charge in [-0.25, -0.2) is 9.78 Å². The fourth-order valence-corrected chi connectivity index (χ4v) is 3.25. The maximum atomic E-state index is 11.5. The molecule has 0 amide bonds. The number of hydrogen-bond acceptors (Lipinski definition) is 5. The lowest BCUT2D eigenvalue weighted by Gasteiger charge is -2.12. The van der Waals surface area contributed by atoms with E-state index in [-0.39, 0.29) is 16.4 Å². The molecule has 0 bridgehead atoms. The Morgan fingerprint density at radius 1 is 1.25 bits per heavy atom. The third-order valence-corrected chi connectivity index (χ3v) is 4.47. The van der Waals surface area contributed by atoms with E-state index in [9.17, 15) is 9.59 Å². The lowest BCUT2D eigenvalue weighted by molar-refractivity contribution is 0.0687. The standard InChI is InChI=1S/C14H12N2O3S/c1-8(17)12-11(13(18)19)15-14(20-12)16-6-9-4-2-3-5-10(9)7-16/h2-5H,6-7H2,1H3,(H,18,19). The highest BCUT2D eigenvalue weighted by Crippen LogP contribution is 2.33. The first kappa shape index (κ1) is 12.8. The molecule has 102 valence electrons. The highest BCUT2D eigenvalue weighted by molar-refractivity contribution is 7.17. The molecule has 5 nitrogen and oxygen atoms in total. The molecule has 1 aliphatic rings. The largest absolute Gasteiger partial charge is 0.476 e. The topological polar surface area (TPSA) is 70.5 Å². The fourth-order valence-electron chi connectivity index (χ4n) is 2.30. The van der Waals surface area contributed by atoms with Crippen molar-refractivity contribution in [2.24, 2.45) is 0 Å². The summed E-state index contributed by atoms with van der Waals surface area (Å²) in [5, 5.41) is 9.70. The second-order valence-corrected chi connectivity index (χ2v) is 5.64. The van der Waals surface area contributed by atoms with Gasteiger partial charge in [-0.05, 0) is 11.1 Å². The zero-order chi connectivity index (χ0) is 14.3. The number of benzene rings is 1. The third kappa shape index (κ3) is 2.08. The Hall–Kier alpha value is -2.21. The van der Waals surface area contributed by atoms with Crippen LogP contribution in [0.2, 0.25) is 0 Å². The number of Topliss-reactive ketones (excluding diaryl/α,β-unsaturated/α-hetero) is 1. The second kappa shape index (κ2) is 4.72. The van der Waals surface area contributed by atoms with Crippen LogP contribution in [0.1, 0.15) is 38.2 Å². The van der Waals surface area contributed by atoms with Crippen molar-refractivity contribution < 1.29 is 14.7 Å². The number of carbonyl (C=O) groups is 2. The number of aromatic nitrogens is 1. The average Bonchev–Trinajstić information content (AvgIpc) is 3.02. The van der Waals surface area contributed by atoms with Crippen molar-refractivity contribution in [2.75, 3.05) is 4.90 Å². The van der Waals surface area contributed by atoms with Gasteiger partial charge in [0.15, 0.2) is 16.6 Å². The van der Waals surface area contributed by atoms with E-state index in [0.717, 1.165) is 11.3 Å². The van der Waals surface area contributed by atoms with Gasteiger partial charge >= 0.3 is 5.97 Å². The van der Waals surface area contributed by atoms with Crippen molar-refractivity contribution in [1.29, 1.82) is 0 Å². The summed E-state index contributed by atoms with van der Waals surface area (Å²) >= 11 is 1.15. The fraction of sp³-hybridized carbons (Fsp3) is 0.214. The van der Waals surface area contributed by atoms with Crippen LogP contribution < -0.4 is 4.90 Å². The molecule has 0 saturated heterocycles. The Morgan fingerprint density at radius 3 is 2.30 bits per heavy atom. The highest BCUT2D eigenvalue weighted by Gasteiger charge is 2.26. The summed E-state index contributed by atoms with van der Waals surface area (Å²) in [6, 6.07) is 8.06. The van der Waals surface area contributed by atoms with Crippen molar-refractivity contribution in [3.8, 4) is 0 Å². The molecular formula is C14H12N2O3S. The predicted molar refractivity (Wildman–Crippen MR) is 75.4 cm³/mol. The van der Waals surface area contributed by atoms with Gasteiger partial charge in [0.2, 0.25) is 0 Å². The molecule has 0 aliphatic carbocycles. The van der Waals surface area contributed by atoms with Crippen molar-refractivity contribution >= 4 is 28.2 Å². The molecule has 0 radical (unpaired) electrons. The van der Waals surface area contributed by atoms with Crippen molar-refractivity contribution in [3.63, 3.8) is 0 Å². The molecule has 20 heavy (non-hydrogen) atoms. The van der Waals surface area contributed by atoms with Gasteiger partial charge in [-0.3, -0.25) is 4.79 Å². The molecule has 2 heterocycles. The van der Waals surface area contributed by atoms with Crippen molar-refractivity contribution in [1.82, 2.24) is 4.98 Å². The van der Waals surface area contributed by atoms with Crippen LogP contribution in [0.25, 0.3) is 0 Å². The Morgan fingerprint density at radius 2 is 1.85 bits per heavy atom. The highest BCUT2D eigenvalue weighted by atomic mass is 32.1. The molecular weight excluding hydrogens is 276 g/mol. The minimum absolute atomic E-state index is 0.145. The molecule has 0 fully saturated rings. The first-order valence-electron chi connectivity index (χ1n) is 6.13. The monoisotopic (exact) mass is 288 g/mol. The Balaban J connectivity index is 1.95. The van der Waals surface area contributed by atoms with Gasteiger partial charge in [-0.2, -0.15) is 0 Å². The Labute approximate surface area is 119 Å². The first-order valence-corrected chi connectivity index (χ1v) is 6.94. The average molecular weight is 288 g/mol. The summed E-state index contributed by atoms with van der Waals surface area (Å²) in [7, 11) is 0. The summed E-state index contributed by atoms with van der Waals surface area (Å²) in [5.41, 5.74) is 2.28. The lowest BCUT2D eigenvalue weighted by atomic mass is 10.1. The van der Waals surface area contributed by atoms with E-state index in [2.05, 4.69) is 4.98 Å². The van der Waals surface area contributed by atoms with E-state index in [1.807, 2.05) is 29.2 Å². The number of ketones is 1. The lowest BCUT2D eigenvalue weighted by Crippen LogP contribution is -2.14.